The lowest BCUT2D eigenvalue weighted by atomic mass is 9.80. The first-order valence-corrected chi connectivity index (χ1v) is 6.34. The van der Waals surface area contributed by atoms with Crippen LogP contribution < -0.4 is 0 Å². The number of carbonyl (C=O) groups is 2. The van der Waals surface area contributed by atoms with Gasteiger partial charge < -0.3 is 10.2 Å². The Kier molecular flexibility index (Phi) is 3.28. The summed E-state index contributed by atoms with van der Waals surface area (Å²) >= 11 is 0. The van der Waals surface area contributed by atoms with Crippen molar-refractivity contribution in [2.75, 3.05) is 0 Å². The van der Waals surface area contributed by atoms with Crippen molar-refractivity contribution in [1.82, 2.24) is 0 Å². The highest BCUT2D eigenvalue weighted by atomic mass is 16.3. The normalized spacial score (nSPS) is 21.1. The zero-order chi connectivity index (χ0) is 13.4. The summed E-state index contributed by atoms with van der Waals surface area (Å²) in [6, 6.07) is 0. The minimum Gasteiger partial charge on any atom is -0.512 e. The maximum absolute atomic E-state index is 11.9. The molecule has 0 saturated carbocycles. The number of carbonyl (C=O) groups excluding carboxylic acids is 2. The molecule has 0 saturated heterocycles. The van der Waals surface area contributed by atoms with Gasteiger partial charge in [-0.05, 0) is 5.92 Å². The lowest BCUT2D eigenvalue weighted by Gasteiger charge is -2.22. The third-order valence-corrected chi connectivity index (χ3v) is 3.69. The Labute approximate surface area is 106 Å². The minimum atomic E-state index is -0.463. The van der Waals surface area contributed by atoms with Gasteiger partial charge in [0.15, 0.2) is 11.6 Å². The average molecular weight is 250 g/mol. The molecule has 0 aromatic rings. The molecule has 98 valence electrons. The fraction of sp³-hybridized carbons (Fsp3) is 0.571. The summed E-state index contributed by atoms with van der Waals surface area (Å²) in [5, 5.41) is 19.7. The highest BCUT2D eigenvalue weighted by Gasteiger charge is 2.39. The van der Waals surface area contributed by atoms with Crippen molar-refractivity contribution in [1.29, 1.82) is 0 Å². The lowest BCUT2D eigenvalue weighted by molar-refractivity contribution is -0.116. The largest absolute Gasteiger partial charge is 0.512 e. The van der Waals surface area contributed by atoms with Crippen molar-refractivity contribution in [3.05, 3.63) is 22.7 Å². The maximum Gasteiger partial charge on any atom is 0.163 e. The predicted molar refractivity (Wildman–Crippen MR) is 66.1 cm³/mol. The number of hydrogen-bond donors (Lipinski definition) is 2. The zero-order valence-corrected chi connectivity index (χ0v) is 10.7. The molecule has 18 heavy (non-hydrogen) atoms. The number of ketones is 2. The molecule has 0 aliphatic heterocycles. The highest BCUT2D eigenvalue weighted by molar-refractivity contribution is 6.04. The maximum atomic E-state index is 11.9. The van der Waals surface area contributed by atoms with Crippen LogP contribution in [0.3, 0.4) is 0 Å². The molecule has 0 unspecified atom stereocenters. The fourth-order valence-corrected chi connectivity index (χ4v) is 2.84. The molecular weight excluding hydrogens is 232 g/mol. The smallest absolute Gasteiger partial charge is 0.163 e. The van der Waals surface area contributed by atoms with Gasteiger partial charge in [-0.2, -0.15) is 0 Å². The molecule has 0 amide bonds. The van der Waals surface area contributed by atoms with Crippen molar-refractivity contribution in [2.45, 2.75) is 39.5 Å². The molecule has 0 heterocycles. The zero-order valence-electron chi connectivity index (χ0n) is 10.7. The van der Waals surface area contributed by atoms with Crippen LogP contribution in [0.2, 0.25) is 0 Å². The summed E-state index contributed by atoms with van der Waals surface area (Å²) in [6.45, 7) is 3.78. The van der Waals surface area contributed by atoms with Crippen molar-refractivity contribution >= 4 is 11.6 Å². The first-order chi connectivity index (χ1) is 8.43. The molecular formula is C14H18O4. The van der Waals surface area contributed by atoms with Gasteiger partial charge in [-0.15, -0.1) is 0 Å². The number of allylic oxidation sites excluding steroid dienone is 4. The van der Waals surface area contributed by atoms with Gasteiger partial charge in [0, 0.05) is 42.7 Å². The molecule has 0 spiro atoms. The van der Waals surface area contributed by atoms with Gasteiger partial charge in [0.25, 0.3) is 0 Å². The molecule has 2 aliphatic carbocycles. The van der Waals surface area contributed by atoms with Crippen LogP contribution in [-0.4, -0.2) is 21.8 Å². The number of rotatable bonds is 3. The molecule has 2 rings (SSSR count). The first kappa shape index (κ1) is 12.9. The van der Waals surface area contributed by atoms with Crippen molar-refractivity contribution in [3.8, 4) is 0 Å². The third-order valence-electron chi connectivity index (χ3n) is 3.69. The van der Waals surface area contributed by atoms with Gasteiger partial charge >= 0.3 is 0 Å². The Balaban J connectivity index is 2.48. The Bertz CT molecular complexity index is 428. The molecule has 0 fully saturated rings. The van der Waals surface area contributed by atoms with Gasteiger partial charge in [0.1, 0.15) is 11.5 Å². The minimum absolute atomic E-state index is 0.0107. The van der Waals surface area contributed by atoms with Crippen LogP contribution in [0.5, 0.6) is 0 Å². The molecule has 2 aliphatic rings. The highest BCUT2D eigenvalue weighted by Crippen LogP contribution is 2.40. The topological polar surface area (TPSA) is 74.6 Å². The molecule has 0 radical (unpaired) electrons. The van der Waals surface area contributed by atoms with E-state index < -0.39 is 5.92 Å². The van der Waals surface area contributed by atoms with Crippen LogP contribution in [0, 0.1) is 11.8 Å². The molecule has 4 heteroatoms. The SMILES string of the molecule is CC(C)C(C1=C(O)CCC1=O)C1=C(O)CCC1=O. The molecule has 0 aromatic heterocycles. The van der Waals surface area contributed by atoms with Crippen LogP contribution in [0.25, 0.3) is 0 Å². The number of Topliss-reactive ketones (excluding diaryl/α,β-unsaturated/α-hetero) is 2. The van der Waals surface area contributed by atoms with E-state index >= 15 is 0 Å². The van der Waals surface area contributed by atoms with Crippen LogP contribution in [0.1, 0.15) is 39.5 Å². The van der Waals surface area contributed by atoms with Crippen molar-refractivity contribution in [2.24, 2.45) is 11.8 Å². The van der Waals surface area contributed by atoms with Crippen molar-refractivity contribution in [3.63, 3.8) is 0 Å². The van der Waals surface area contributed by atoms with E-state index in [2.05, 4.69) is 0 Å². The van der Waals surface area contributed by atoms with E-state index in [4.69, 9.17) is 0 Å². The van der Waals surface area contributed by atoms with Crippen LogP contribution in [-0.2, 0) is 9.59 Å². The summed E-state index contributed by atoms with van der Waals surface area (Å²) < 4.78 is 0. The lowest BCUT2D eigenvalue weighted by Crippen LogP contribution is -2.22. The molecule has 0 aromatic carbocycles. The van der Waals surface area contributed by atoms with E-state index in [1.165, 1.54) is 0 Å². The summed E-state index contributed by atoms with van der Waals surface area (Å²) in [7, 11) is 0. The van der Waals surface area contributed by atoms with E-state index in [9.17, 15) is 19.8 Å². The van der Waals surface area contributed by atoms with Gasteiger partial charge in [-0.3, -0.25) is 9.59 Å². The number of aliphatic hydroxyl groups excluding tert-OH is 2. The summed E-state index contributed by atoms with van der Waals surface area (Å²) in [6.07, 6.45) is 1.29. The second kappa shape index (κ2) is 4.59. The summed E-state index contributed by atoms with van der Waals surface area (Å²) in [5.41, 5.74) is 0.670. The number of hydrogen-bond acceptors (Lipinski definition) is 4. The van der Waals surface area contributed by atoms with Gasteiger partial charge in [-0.25, -0.2) is 0 Å². The van der Waals surface area contributed by atoms with E-state index in [1.807, 2.05) is 13.8 Å². The van der Waals surface area contributed by atoms with E-state index in [0.29, 0.717) is 36.8 Å². The fourth-order valence-electron chi connectivity index (χ4n) is 2.84. The Hall–Kier alpha value is -1.58. The molecule has 4 nitrogen and oxygen atoms in total. The van der Waals surface area contributed by atoms with Crippen LogP contribution >= 0.6 is 0 Å². The quantitative estimate of drug-likeness (QED) is 0.807. The average Bonchev–Trinajstić information content (AvgIpc) is 2.78. The summed E-state index contributed by atoms with van der Waals surface area (Å²) in [5.74, 6) is -0.520. The standard InChI is InChI=1S/C14H18O4/c1-7(2)12(13-8(15)3-4-9(13)16)14-10(17)5-6-11(14)18/h7,12,15,17H,3-6H2,1-2H3. The Morgan fingerprint density at radius 3 is 1.44 bits per heavy atom. The van der Waals surface area contributed by atoms with E-state index in [-0.39, 0.29) is 29.0 Å². The Morgan fingerprint density at radius 2 is 1.22 bits per heavy atom. The molecule has 0 bridgehead atoms. The predicted octanol–water partition coefficient (Wildman–Crippen LogP) is 2.61. The van der Waals surface area contributed by atoms with E-state index in [0.717, 1.165) is 0 Å². The van der Waals surface area contributed by atoms with Crippen LogP contribution in [0.4, 0.5) is 0 Å². The van der Waals surface area contributed by atoms with Crippen LogP contribution in [0.15, 0.2) is 22.7 Å². The first-order valence-electron chi connectivity index (χ1n) is 6.34. The van der Waals surface area contributed by atoms with Gasteiger partial charge in [0.2, 0.25) is 0 Å². The second-order valence-electron chi connectivity index (χ2n) is 5.29. The molecule has 0 atom stereocenters. The van der Waals surface area contributed by atoms with E-state index in [1.54, 1.807) is 0 Å². The number of aliphatic hydroxyl groups is 2. The monoisotopic (exact) mass is 250 g/mol. The second-order valence-corrected chi connectivity index (χ2v) is 5.29. The summed E-state index contributed by atoms with van der Waals surface area (Å²) in [4.78, 5) is 23.7. The Morgan fingerprint density at radius 1 is 0.833 bits per heavy atom. The van der Waals surface area contributed by atoms with Crippen molar-refractivity contribution < 1.29 is 19.8 Å². The molecule has 2 N–H and O–H groups in total. The van der Waals surface area contributed by atoms with Gasteiger partial charge in [-0.1, -0.05) is 13.8 Å². The third kappa shape index (κ3) is 1.96. The van der Waals surface area contributed by atoms with Gasteiger partial charge in [0.05, 0.1) is 0 Å².